The number of hydrogen-bond donors (Lipinski definition) is 4. The van der Waals surface area contributed by atoms with E-state index in [1.807, 2.05) is 0 Å². The third-order valence-corrected chi connectivity index (χ3v) is 1.48. The van der Waals surface area contributed by atoms with E-state index >= 15 is 0 Å². The fourth-order valence-electron chi connectivity index (χ4n) is 0.823. The second-order valence-electron chi connectivity index (χ2n) is 3.12. The van der Waals surface area contributed by atoms with Gasteiger partial charge in [0.15, 0.2) is 6.17 Å². The Balaban J connectivity index is 4.07. The van der Waals surface area contributed by atoms with Gasteiger partial charge in [-0.3, -0.25) is 0 Å². The summed E-state index contributed by atoms with van der Waals surface area (Å²) in [4.78, 5) is 32.2. The zero-order chi connectivity index (χ0) is 13.4. The van der Waals surface area contributed by atoms with Gasteiger partial charge in [0.2, 0.25) is 0 Å². The highest BCUT2D eigenvalue weighted by Crippen LogP contribution is 2.00. The lowest BCUT2D eigenvalue weighted by molar-refractivity contribution is -0.138. The van der Waals surface area contributed by atoms with E-state index in [1.165, 1.54) is 6.92 Å². The molecule has 8 nitrogen and oxygen atoms in total. The SMILES string of the molecule is C=C(C)C(=O)OCC[C](NC(N)=O)NC(N)=O. The number of urea groups is 2. The summed E-state index contributed by atoms with van der Waals surface area (Å²) in [5.74, 6) is -0.567. The second kappa shape index (κ2) is 7.09. The zero-order valence-electron chi connectivity index (χ0n) is 9.41. The van der Waals surface area contributed by atoms with Crippen molar-refractivity contribution in [3.05, 3.63) is 18.3 Å². The highest BCUT2D eigenvalue weighted by atomic mass is 16.5. The van der Waals surface area contributed by atoms with Crippen LogP contribution in [-0.4, -0.2) is 24.6 Å². The number of nitrogens with two attached hydrogens (primary N) is 2. The Morgan fingerprint density at radius 3 is 2.00 bits per heavy atom. The smallest absolute Gasteiger partial charge is 0.333 e. The number of ether oxygens (including phenoxy) is 1. The van der Waals surface area contributed by atoms with E-state index in [1.54, 1.807) is 0 Å². The molecule has 0 aromatic heterocycles. The van der Waals surface area contributed by atoms with Gasteiger partial charge in [0, 0.05) is 12.0 Å². The quantitative estimate of drug-likeness (QED) is 0.363. The van der Waals surface area contributed by atoms with E-state index in [9.17, 15) is 14.4 Å². The molecule has 0 saturated heterocycles. The molecule has 0 spiro atoms. The minimum atomic E-state index is -0.861. The van der Waals surface area contributed by atoms with E-state index in [0.29, 0.717) is 0 Å². The number of carbonyl (C=O) groups is 3. The van der Waals surface area contributed by atoms with E-state index in [4.69, 9.17) is 16.2 Å². The molecule has 0 aliphatic heterocycles. The highest BCUT2D eigenvalue weighted by Gasteiger charge is 2.14. The van der Waals surface area contributed by atoms with Crippen LogP contribution in [0.25, 0.3) is 0 Å². The normalized spacial score (nSPS) is 9.53. The van der Waals surface area contributed by atoms with Gasteiger partial charge in [0.05, 0.1) is 6.61 Å². The third-order valence-electron chi connectivity index (χ3n) is 1.48. The average molecular weight is 243 g/mol. The van der Waals surface area contributed by atoms with Crippen LogP contribution >= 0.6 is 0 Å². The van der Waals surface area contributed by atoms with Crippen LogP contribution < -0.4 is 22.1 Å². The van der Waals surface area contributed by atoms with Crippen LogP contribution in [-0.2, 0) is 9.53 Å². The molecule has 0 fully saturated rings. The minimum Gasteiger partial charge on any atom is -0.462 e. The summed E-state index contributed by atoms with van der Waals surface area (Å²) >= 11 is 0. The number of rotatable bonds is 6. The highest BCUT2D eigenvalue weighted by molar-refractivity contribution is 5.86. The molecule has 8 heteroatoms. The van der Waals surface area contributed by atoms with Crippen molar-refractivity contribution in [3.8, 4) is 0 Å². The molecule has 0 aliphatic carbocycles. The minimum absolute atomic E-state index is 0.0540. The number of primary amides is 2. The van der Waals surface area contributed by atoms with Crippen LogP contribution in [0.2, 0.25) is 0 Å². The molecule has 6 N–H and O–H groups in total. The molecule has 95 valence electrons. The van der Waals surface area contributed by atoms with Gasteiger partial charge in [0.1, 0.15) is 0 Å². The van der Waals surface area contributed by atoms with Gasteiger partial charge in [-0.15, -0.1) is 0 Å². The maximum atomic E-state index is 11.0. The first-order chi connectivity index (χ1) is 7.82. The van der Waals surface area contributed by atoms with Crippen LogP contribution in [0.3, 0.4) is 0 Å². The summed E-state index contributed by atoms with van der Waals surface area (Å²) in [6.45, 7) is 4.83. The van der Waals surface area contributed by atoms with Crippen LogP contribution in [0.15, 0.2) is 12.2 Å². The number of carbonyl (C=O) groups excluding carboxylic acids is 3. The summed E-state index contributed by atoms with van der Waals surface area (Å²) in [5.41, 5.74) is 9.98. The molecule has 0 aromatic rings. The standard InChI is InChI=1S/C9H15N4O4/c1-5(2)7(14)17-4-3-6(12-8(10)15)13-9(11)16/h1,3-4H2,2H3,(H3,10,12,15)(H3,11,13,16). The first-order valence-electron chi connectivity index (χ1n) is 4.64. The second-order valence-corrected chi connectivity index (χ2v) is 3.12. The van der Waals surface area contributed by atoms with Crippen molar-refractivity contribution in [1.82, 2.24) is 10.6 Å². The van der Waals surface area contributed by atoms with Crippen LogP contribution in [0.1, 0.15) is 13.3 Å². The first kappa shape index (κ1) is 14.8. The van der Waals surface area contributed by atoms with Crippen molar-refractivity contribution in [3.63, 3.8) is 0 Å². The molecule has 0 aromatic carbocycles. The van der Waals surface area contributed by atoms with E-state index in [2.05, 4.69) is 17.2 Å². The molecule has 0 atom stereocenters. The Morgan fingerprint density at radius 1 is 1.18 bits per heavy atom. The first-order valence-corrected chi connectivity index (χ1v) is 4.64. The molecule has 1 radical (unpaired) electrons. The summed E-state index contributed by atoms with van der Waals surface area (Å²) in [5, 5.41) is 4.29. The lowest BCUT2D eigenvalue weighted by Gasteiger charge is -2.16. The number of hydrogen-bond acceptors (Lipinski definition) is 4. The Kier molecular flexibility index (Phi) is 6.16. The molecule has 0 aliphatic rings. The van der Waals surface area contributed by atoms with E-state index < -0.39 is 18.0 Å². The average Bonchev–Trinajstić information content (AvgIpc) is 2.14. The molecule has 0 bridgehead atoms. The Labute approximate surface area is 98.3 Å². The molecule has 17 heavy (non-hydrogen) atoms. The van der Waals surface area contributed by atoms with Crippen molar-refractivity contribution in [2.75, 3.05) is 6.61 Å². The van der Waals surface area contributed by atoms with Gasteiger partial charge in [-0.05, 0) is 6.92 Å². The maximum absolute atomic E-state index is 11.0. The van der Waals surface area contributed by atoms with Crippen molar-refractivity contribution in [2.45, 2.75) is 13.3 Å². The molecule has 4 amide bonds. The van der Waals surface area contributed by atoms with Crippen molar-refractivity contribution in [2.24, 2.45) is 11.5 Å². The Hall–Kier alpha value is -2.25. The summed E-state index contributed by atoms with van der Waals surface area (Å²) in [7, 11) is 0. The predicted octanol–water partition coefficient (Wildman–Crippen LogP) is -0.678. The van der Waals surface area contributed by atoms with Gasteiger partial charge < -0.3 is 26.8 Å². The van der Waals surface area contributed by atoms with Crippen LogP contribution in [0.5, 0.6) is 0 Å². The predicted molar refractivity (Wildman–Crippen MR) is 59.1 cm³/mol. The lowest BCUT2D eigenvalue weighted by atomic mass is 10.3. The fourth-order valence-corrected chi connectivity index (χ4v) is 0.823. The van der Waals surface area contributed by atoms with Crippen LogP contribution in [0, 0.1) is 6.17 Å². The summed E-state index contributed by atoms with van der Waals surface area (Å²) in [6, 6.07) is -1.72. The topological polar surface area (TPSA) is 137 Å². The van der Waals surface area contributed by atoms with Gasteiger partial charge in [-0.2, -0.15) is 0 Å². The number of esters is 1. The fraction of sp³-hybridized carbons (Fsp3) is 0.333. The molecule has 0 unspecified atom stereocenters. The third kappa shape index (κ3) is 7.65. The summed E-state index contributed by atoms with van der Waals surface area (Å²) < 4.78 is 4.75. The van der Waals surface area contributed by atoms with Crippen LogP contribution in [0.4, 0.5) is 9.59 Å². The van der Waals surface area contributed by atoms with Crippen molar-refractivity contribution < 1.29 is 19.1 Å². The van der Waals surface area contributed by atoms with Crippen molar-refractivity contribution in [1.29, 1.82) is 0 Å². The summed E-state index contributed by atoms with van der Waals surface area (Å²) in [6.07, 6.45) is 0.116. The maximum Gasteiger partial charge on any atom is 0.333 e. The molecule has 0 saturated carbocycles. The molecule has 0 rings (SSSR count). The number of nitrogens with one attached hydrogen (secondary N) is 2. The Morgan fingerprint density at radius 2 is 1.65 bits per heavy atom. The van der Waals surface area contributed by atoms with Gasteiger partial charge in [-0.1, -0.05) is 6.58 Å². The van der Waals surface area contributed by atoms with Gasteiger partial charge in [-0.25, -0.2) is 14.4 Å². The molecule has 0 heterocycles. The molecular weight excluding hydrogens is 228 g/mol. The number of amides is 4. The monoisotopic (exact) mass is 243 g/mol. The van der Waals surface area contributed by atoms with Gasteiger partial charge in [0.25, 0.3) is 0 Å². The van der Waals surface area contributed by atoms with E-state index in [0.717, 1.165) is 0 Å². The van der Waals surface area contributed by atoms with E-state index in [-0.39, 0.29) is 24.8 Å². The lowest BCUT2D eigenvalue weighted by Crippen LogP contribution is -2.45. The van der Waals surface area contributed by atoms with Gasteiger partial charge >= 0.3 is 18.0 Å². The largest absolute Gasteiger partial charge is 0.462 e. The zero-order valence-corrected chi connectivity index (χ0v) is 9.41. The molecular formula is C9H15N4O4. The van der Waals surface area contributed by atoms with Crippen molar-refractivity contribution >= 4 is 18.0 Å². The Bertz CT molecular complexity index is 313.